The Labute approximate surface area is 128 Å². The zero-order valence-electron chi connectivity index (χ0n) is 12.6. The van der Waals surface area contributed by atoms with Gasteiger partial charge in [0, 0.05) is 23.5 Å². The van der Waals surface area contributed by atoms with Gasteiger partial charge in [-0.2, -0.15) is 4.98 Å². The largest absolute Gasteiger partial charge is 0.465 e. The van der Waals surface area contributed by atoms with E-state index in [0.717, 1.165) is 17.2 Å². The average molecular weight is 298 g/mol. The summed E-state index contributed by atoms with van der Waals surface area (Å²) in [6, 6.07) is 9.48. The van der Waals surface area contributed by atoms with Crippen LogP contribution in [0.3, 0.4) is 0 Å². The normalized spacial score (nSPS) is 13.5. The van der Waals surface area contributed by atoms with Gasteiger partial charge in [0.2, 0.25) is 5.95 Å². The minimum atomic E-state index is -0.353. The molecule has 3 rings (SSSR count). The standard InChI is InChI=1S/C16H18N4O2/c1-10-9-14(18-12-7-8-12)20-16(17-10)19-13-5-3-11(4-6-13)15(21)22-2/h3-6,9,12H,7-8H2,1-2H3,(H2,17,18,19,20). The Morgan fingerprint density at radius 3 is 2.59 bits per heavy atom. The fraction of sp³-hybridized carbons (Fsp3) is 0.312. The molecule has 6 nitrogen and oxygen atoms in total. The number of nitrogens with one attached hydrogen (secondary N) is 2. The first kappa shape index (κ1) is 14.3. The van der Waals surface area contributed by atoms with Crippen LogP contribution in [0.2, 0.25) is 0 Å². The molecule has 1 saturated carbocycles. The van der Waals surface area contributed by atoms with Gasteiger partial charge in [-0.1, -0.05) is 0 Å². The minimum absolute atomic E-state index is 0.353. The van der Waals surface area contributed by atoms with Gasteiger partial charge in [0.05, 0.1) is 12.7 Å². The second-order valence-corrected chi connectivity index (χ2v) is 5.33. The van der Waals surface area contributed by atoms with E-state index in [9.17, 15) is 4.79 Å². The lowest BCUT2D eigenvalue weighted by molar-refractivity contribution is 0.0601. The van der Waals surface area contributed by atoms with Crippen molar-refractivity contribution in [3.05, 3.63) is 41.6 Å². The van der Waals surface area contributed by atoms with Crippen molar-refractivity contribution in [2.45, 2.75) is 25.8 Å². The number of hydrogen-bond donors (Lipinski definition) is 2. The highest BCUT2D eigenvalue weighted by molar-refractivity contribution is 5.89. The number of rotatable bonds is 5. The highest BCUT2D eigenvalue weighted by Gasteiger charge is 2.21. The van der Waals surface area contributed by atoms with Crippen LogP contribution in [0.25, 0.3) is 0 Å². The Kier molecular flexibility index (Phi) is 3.91. The molecule has 2 aromatic rings. The Bertz CT molecular complexity index is 681. The van der Waals surface area contributed by atoms with E-state index in [1.165, 1.54) is 20.0 Å². The molecule has 0 radical (unpaired) electrons. The molecule has 1 heterocycles. The van der Waals surface area contributed by atoms with Crippen LogP contribution in [0.1, 0.15) is 28.9 Å². The molecule has 0 unspecified atom stereocenters. The molecule has 6 heteroatoms. The number of anilines is 3. The summed E-state index contributed by atoms with van der Waals surface area (Å²) in [6.45, 7) is 1.94. The quantitative estimate of drug-likeness (QED) is 0.827. The van der Waals surface area contributed by atoms with Gasteiger partial charge in [-0.05, 0) is 44.0 Å². The smallest absolute Gasteiger partial charge is 0.337 e. The van der Waals surface area contributed by atoms with Crippen LogP contribution < -0.4 is 10.6 Å². The summed E-state index contributed by atoms with van der Waals surface area (Å²) < 4.78 is 4.68. The Morgan fingerprint density at radius 2 is 1.95 bits per heavy atom. The molecule has 1 aromatic heterocycles. The third kappa shape index (κ3) is 3.52. The minimum Gasteiger partial charge on any atom is -0.465 e. The molecule has 0 atom stereocenters. The number of methoxy groups -OCH3 is 1. The van der Waals surface area contributed by atoms with Crippen LogP contribution in [0.5, 0.6) is 0 Å². The topological polar surface area (TPSA) is 76.1 Å². The van der Waals surface area contributed by atoms with Gasteiger partial charge < -0.3 is 15.4 Å². The molecule has 0 spiro atoms. The number of nitrogens with zero attached hydrogens (tertiary/aromatic N) is 2. The van der Waals surface area contributed by atoms with Crippen LogP contribution in [-0.4, -0.2) is 29.1 Å². The molecule has 0 aliphatic heterocycles. The van der Waals surface area contributed by atoms with E-state index in [1.807, 2.05) is 13.0 Å². The van der Waals surface area contributed by atoms with E-state index in [1.54, 1.807) is 24.3 Å². The summed E-state index contributed by atoms with van der Waals surface area (Å²) in [6.07, 6.45) is 2.39. The summed E-state index contributed by atoms with van der Waals surface area (Å²) in [4.78, 5) is 20.2. The fourth-order valence-corrected chi connectivity index (χ4v) is 2.07. The number of benzene rings is 1. The maximum atomic E-state index is 11.4. The van der Waals surface area contributed by atoms with E-state index < -0.39 is 0 Å². The Hall–Kier alpha value is -2.63. The van der Waals surface area contributed by atoms with Crippen molar-refractivity contribution in [3.8, 4) is 0 Å². The summed E-state index contributed by atoms with van der Waals surface area (Å²) in [5.41, 5.74) is 2.22. The van der Waals surface area contributed by atoms with Crippen molar-refractivity contribution in [2.24, 2.45) is 0 Å². The monoisotopic (exact) mass is 298 g/mol. The molecule has 22 heavy (non-hydrogen) atoms. The van der Waals surface area contributed by atoms with E-state index >= 15 is 0 Å². The molecule has 1 aromatic carbocycles. The lowest BCUT2D eigenvalue weighted by Crippen LogP contribution is -2.07. The van der Waals surface area contributed by atoms with Crippen molar-refractivity contribution in [3.63, 3.8) is 0 Å². The summed E-state index contributed by atoms with van der Waals surface area (Å²) in [7, 11) is 1.36. The van der Waals surface area contributed by atoms with E-state index in [0.29, 0.717) is 17.6 Å². The highest BCUT2D eigenvalue weighted by atomic mass is 16.5. The van der Waals surface area contributed by atoms with Gasteiger partial charge in [0.1, 0.15) is 5.82 Å². The van der Waals surface area contributed by atoms with Crippen LogP contribution in [0.15, 0.2) is 30.3 Å². The van der Waals surface area contributed by atoms with Gasteiger partial charge in [0.25, 0.3) is 0 Å². The maximum absolute atomic E-state index is 11.4. The zero-order valence-corrected chi connectivity index (χ0v) is 12.6. The van der Waals surface area contributed by atoms with Gasteiger partial charge >= 0.3 is 5.97 Å². The van der Waals surface area contributed by atoms with E-state index in [-0.39, 0.29) is 5.97 Å². The highest BCUT2D eigenvalue weighted by Crippen LogP contribution is 2.25. The third-order valence-corrected chi connectivity index (χ3v) is 3.35. The van der Waals surface area contributed by atoms with Crippen molar-refractivity contribution < 1.29 is 9.53 Å². The van der Waals surface area contributed by atoms with Crippen molar-refractivity contribution in [2.75, 3.05) is 17.7 Å². The van der Waals surface area contributed by atoms with Crippen molar-refractivity contribution >= 4 is 23.4 Å². The van der Waals surface area contributed by atoms with Crippen LogP contribution >= 0.6 is 0 Å². The predicted molar refractivity (Wildman–Crippen MR) is 84.5 cm³/mol. The number of hydrogen-bond acceptors (Lipinski definition) is 6. The first-order valence-electron chi connectivity index (χ1n) is 7.21. The number of esters is 1. The SMILES string of the molecule is COC(=O)c1ccc(Nc2nc(C)cc(NC3CC3)n2)cc1. The van der Waals surface area contributed by atoms with Crippen molar-refractivity contribution in [1.29, 1.82) is 0 Å². The summed E-state index contributed by atoms with van der Waals surface area (Å²) >= 11 is 0. The molecule has 1 aliphatic rings. The average Bonchev–Trinajstić information content (AvgIpc) is 3.30. The Morgan fingerprint density at radius 1 is 1.23 bits per heavy atom. The number of carbonyl (C=O) groups is 1. The Balaban J connectivity index is 1.74. The summed E-state index contributed by atoms with van der Waals surface area (Å²) in [5, 5.41) is 6.51. The van der Waals surface area contributed by atoms with E-state index in [4.69, 9.17) is 0 Å². The number of aryl methyl sites for hydroxylation is 1. The number of aromatic nitrogens is 2. The van der Waals surface area contributed by atoms with Gasteiger partial charge in [-0.3, -0.25) is 0 Å². The molecule has 2 N–H and O–H groups in total. The molecular weight excluding hydrogens is 280 g/mol. The van der Waals surface area contributed by atoms with Crippen LogP contribution in [0.4, 0.5) is 17.5 Å². The van der Waals surface area contributed by atoms with Gasteiger partial charge in [0.15, 0.2) is 0 Å². The van der Waals surface area contributed by atoms with Gasteiger partial charge in [-0.25, -0.2) is 9.78 Å². The maximum Gasteiger partial charge on any atom is 0.337 e. The molecule has 114 valence electrons. The summed E-state index contributed by atoms with van der Waals surface area (Å²) in [5.74, 6) is 1.02. The first-order valence-corrected chi connectivity index (χ1v) is 7.21. The second kappa shape index (κ2) is 6.01. The zero-order chi connectivity index (χ0) is 15.5. The third-order valence-electron chi connectivity index (χ3n) is 3.35. The number of carbonyl (C=O) groups excluding carboxylic acids is 1. The molecule has 1 aliphatic carbocycles. The van der Waals surface area contributed by atoms with E-state index in [2.05, 4.69) is 25.3 Å². The number of ether oxygens (including phenoxy) is 1. The lowest BCUT2D eigenvalue weighted by Gasteiger charge is -2.09. The van der Waals surface area contributed by atoms with Crippen LogP contribution in [-0.2, 0) is 4.74 Å². The van der Waals surface area contributed by atoms with Crippen molar-refractivity contribution in [1.82, 2.24) is 9.97 Å². The fourth-order valence-electron chi connectivity index (χ4n) is 2.07. The molecule has 0 saturated heterocycles. The van der Waals surface area contributed by atoms with Crippen LogP contribution in [0, 0.1) is 6.92 Å². The molecular formula is C16H18N4O2. The predicted octanol–water partition coefficient (Wildman–Crippen LogP) is 2.89. The molecule has 1 fully saturated rings. The molecule has 0 amide bonds. The molecule has 0 bridgehead atoms. The second-order valence-electron chi connectivity index (χ2n) is 5.33. The first-order chi connectivity index (χ1) is 10.6. The lowest BCUT2D eigenvalue weighted by atomic mass is 10.2. The van der Waals surface area contributed by atoms with Gasteiger partial charge in [-0.15, -0.1) is 0 Å².